The number of halogens is 3. The average molecular weight is 625 g/mol. The van der Waals surface area contributed by atoms with Crippen LogP contribution in [0.25, 0.3) is 0 Å². The van der Waals surface area contributed by atoms with Crippen LogP contribution in [0.3, 0.4) is 0 Å². The number of unbranched alkanes of at least 4 members (excludes halogenated alkanes) is 1. The van der Waals surface area contributed by atoms with E-state index in [0.29, 0.717) is 54.5 Å². The van der Waals surface area contributed by atoms with Gasteiger partial charge in [-0.25, -0.2) is 4.79 Å². The minimum atomic E-state index is -1.07. The predicted octanol–water partition coefficient (Wildman–Crippen LogP) is 6.94. The first kappa shape index (κ1) is 33.0. The minimum absolute atomic E-state index is 0. The average Bonchev–Trinajstić information content (AvgIpc) is 2.97. The fourth-order valence-electron chi connectivity index (χ4n) is 5.90. The van der Waals surface area contributed by atoms with Crippen molar-refractivity contribution in [3.05, 3.63) is 63.6 Å². The highest BCUT2D eigenvalue weighted by molar-refractivity contribution is 6.42. The highest BCUT2D eigenvalue weighted by Crippen LogP contribution is 2.45. The maximum absolute atomic E-state index is 13.6. The molecule has 2 aromatic rings. The van der Waals surface area contributed by atoms with Gasteiger partial charge in [0.05, 0.1) is 22.7 Å². The van der Waals surface area contributed by atoms with Crippen LogP contribution in [0.2, 0.25) is 10.0 Å². The summed E-state index contributed by atoms with van der Waals surface area (Å²) in [6.45, 7) is 5.90. The van der Waals surface area contributed by atoms with Gasteiger partial charge in [-0.1, -0.05) is 42.6 Å². The van der Waals surface area contributed by atoms with Gasteiger partial charge in [-0.2, -0.15) is 0 Å². The molecular weight excluding hydrogens is 585 g/mol. The van der Waals surface area contributed by atoms with E-state index in [4.69, 9.17) is 27.9 Å². The number of esters is 1. The Labute approximate surface area is 259 Å². The maximum Gasteiger partial charge on any atom is 0.332 e. The van der Waals surface area contributed by atoms with Gasteiger partial charge in [0.15, 0.2) is 0 Å². The number of carbonyl (C=O) groups excluding carboxylic acids is 3. The highest BCUT2D eigenvalue weighted by Gasteiger charge is 2.53. The third-order valence-corrected chi connectivity index (χ3v) is 8.88. The summed E-state index contributed by atoms with van der Waals surface area (Å²) in [7, 11) is 1.83. The molecule has 0 radical (unpaired) electrons. The zero-order valence-corrected chi connectivity index (χ0v) is 26.4. The van der Waals surface area contributed by atoms with Crippen molar-refractivity contribution in [3.8, 4) is 0 Å². The molecule has 41 heavy (non-hydrogen) atoms. The first-order valence-corrected chi connectivity index (χ1v) is 15.0. The second kappa shape index (κ2) is 14.6. The van der Waals surface area contributed by atoms with Crippen molar-refractivity contribution in [3.63, 3.8) is 0 Å². The summed E-state index contributed by atoms with van der Waals surface area (Å²) in [6, 6.07) is 12.9. The van der Waals surface area contributed by atoms with Crippen molar-refractivity contribution in [1.29, 1.82) is 0 Å². The van der Waals surface area contributed by atoms with Gasteiger partial charge >= 0.3 is 5.97 Å². The van der Waals surface area contributed by atoms with Crippen LogP contribution >= 0.6 is 35.6 Å². The van der Waals surface area contributed by atoms with Crippen LogP contribution in [0.4, 0.5) is 5.69 Å². The van der Waals surface area contributed by atoms with E-state index in [0.717, 1.165) is 36.9 Å². The van der Waals surface area contributed by atoms with Crippen LogP contribution in [0.1, 0.15) is 80.8 Å². The molecular formula is C31H40Cl3N3O4. The Hall–Kier alpha value is -2.48. The number of piperidine rings is 2. The van der Waals surface area contributed by atoms with Crippen LogP contribution in [0, 0.1) is 0 Å². The van der Waals surface area contributed by atoms with Crippen molar-refractivity contribution in [2.45, 2.75) is 70.4 Å². The standard InChI is InChI=1S/C31H39Cl2N3O4.ClH/c1-4-6-17-34(3)29(38)22-10-13-24(14-11-22)35-19-16-31(30(39)40-5-2,36-18-8-7-9-28(36)37)21-27(35)23-12-15-25(32)26(33)20-23;/h10-15,20,27H,4-9,16-19,21H2,1-3H3;1H. The Kier molecular flexibility index (Phi) is 11.8. The zero-order chi connectivity index (χ0) is 28.9. The lowest BCUT2D eigenvalue weighted by Gasteiger charge is -2.51. The molecule has 2 atom stereocenters. The molecule has 224 valence electrons. The second-order valence-corrected chi connectivity index (χ2v) is 11.5. The number of hydrogen-bond acceptors (Lipinski definition) is 5. The lowest BCUT2D eigenvalue weighted by atomic mass is 9.78. The number of benzene rings is 2. The predicted molar refractivity (Wildman–Crippen MR) is 166 cm³/mol. The molecule has 0 saturated carbocycles. The van der Waals surface area contributed by atoms with Crippen molar-refractivity contribution < 1.29 is 19.1 Å². The molecule has 10 heteroatoms. The van der Waals surface area contributed by atoms with Gasteiger partial charge in [-0.15, -0.1) is 12.4 Å². The van der Waals surface area contributed by atoms with Gasteiger partial charge in [-0.05, 0) is 74.6 Å². The lowest BCUT2D eigenvalue weighted by molar-refractivity contribution is -0.168. The quantitative estimate of drug-likeness (QED) is 0.283. The molecule has 0 N–H and O–H groups in total. The highest BCUT2D eigenvalue weighted by atomic mass is 35.5. The molecule has 2 aromatic carbocycles. The van der Waals surface area contributed by atoms with Crippen LogP contribution in [-0.2, 0) is 14.3 Å². The molecule has 7 nitrogen and oxygen atoms in total. The molecule has 2 saturated heterocycles. The van der Waals surface area contributed by atoms with Gasteiger partial charge in [0, 0.05) is 50.8 Å². The minimum Gasteiger partial charge on any atom is -0.464 e. The summed E-state index contributed by atoms with van der Waals surface area (Å²) >= 11 is 12.7. The van der Waals surface area contributed by atoms with Crippen molar-refractivity contribution in [2.75, 3.05) is 38.2 Å². The molecule has 0 bridgehead atoms. The summed E-state index contributed by atoms with van der Waals surface area (Å²) in [5.74, 6) is -0.369. The normalized spacial score (nSPS) is 20.8. The SMILES string of the molecule is CCCCN(C)C(=O)c1ccc(N2CCC(C(=O)OCC)(N3CCCCC3=O)CC2c2ccc(Cl)c(Cl)c2)cc1.Cl. The molecule has 0 aromatic heterocycles. The molecule has 0 spiro atoms. The van der Waals surface area contributed by atoms with E-state index in [9.17, 15) is 14.4 Å². The van der Waals surface area contributed by atoms with Crippen LogP contribution < -0.4 is 4.90 Å². The Morgan fingerprint density at radius 1 is 1.05 bits per heavy atom. The van der Waals surface area contributed by atoms with Crippen molar-refractivity contribution >= 4 is 59.1 Å². The zero-order valence-electron chi connectivity index (χ0n) is 24.0. The number of likely N-dealkylation sites (tertiary alicyclic amines) is 1. The molecule has 4 rings (SSSR count). The van der Waals surface area contributed by atoms with Crippen LogP contribution in [0.5, 0.6) is 0 Å². The number of anilines is 1. The van der Waals surface area contributed by atoms with Crippen LogP contribution in [-0.4, -0.2) is 66.4 Å². The molecule has 2 fully saturated rings. The van der Waals surface area contributed by atoms with E-state index in [1.54, 1.807) is 22.8 Å². The Bertz CT molecular complexity index is 1230. The molecule has 2 heterocycles. The number of rotatable bonds is 9. The van der Waals surface area contributed by atoms with Gasteiger partial charge < -0.3 is 19.4 Å². The van der Waals surface area contributed by atoms with E-state index in [1.807, 2.05) is 43.4 Å². The monoisotopic (exact) mass is 623 g/mol. The summed E-state index contributed by atoms with van der Waals surface area (Å²) in [5, 5.41) is 0.877. The number of carbonyl (C=O) groups is 3. The smallest absolute Gasteiger partial charge is 0.332 e. The number of amides is 2. The van der Waals surface area contributed by atoms with Gasteiger partial charge in [-0.3, -0.25) is 9.59 Å². The van der Waals surface area contributed by atoms with E-state index in [-0.39, 0.29) is 42.8 Å². The lowest BCUT2D eigenvalue weighted by Crippen LogP contribution is -2.64. The number of ether oxygens (including phenoxy) is 1. The fourth-order valence-corrected chi connectivity index (χ4v) is 6.20. The van der Waals surface area contributed by atoms with Gasteiger partial charge in [0.2, 0.25) is 5.91 Å². The first-order chi connectivity index (χ1) is 19.2. The largest absolute Gasteiger partial charge is 0.464 e. The van der Waals surface area contributed by atoms with E-state index in [1.165, 1.54) is 0 Å². The van der Waals surface area contributed by atoms with Crippen LogP contribution in [0.15, 0.2) is 42.5 Å². The maximum atomic E-state index is 13.6. The summed E-state index contributed by atoms with van der Waals surface area (Å²) in [4.78, 5) is 45.5. The molecule has 2 amide bonds. The topological polar surface area (TPSA) is 70.2 Å². The molecule has 2 aliphatic heterocycles. The third kappa shape index (κ3) is 7.12. The third-order valence-electron chi connectivity index (χ3n) is 8.14. The van der Waals surface area contributed by atoms with E-state index < -0.39 is 5.54 Å². The van der Waals surface area contributed by atoms with Gasteiger partial charge in [0.1, 0.15) is 5.54 Å². The number of hydrogen-bond donors (Lipinski definition) is 0. The summed E-state index contributed by atoms with van der Waals surface area (Å²) < 4.78 is 5.61. The van der Waals surface area contributed by atoms with E-state index in [2.05, 4.69) is 11.8 Å². The van der Waals surface area contributed by atoms with E-state index >= 15 is 0 Å². The molecule has 2 aliphatic rings. The number of nitrogens with zero attached hydrogens (tertiary/aromatic N) is 3. The van der Waals surface area contributed by atoms with Gasteiger partial charge in [0.25, 0.3) is 5.91 Å². The Morgan fingerprint density at radius 3 is 2.41 bits per heavy atom. The first-order valence-electron chi connectivity index (χ1n) is 14.3. The van der Waals surface area contributed by atoms with Crippen molar-refractivity contribution in [1.82, 2.24) is 9.80 Å². The summed E-state index contributed by atoms with van der Waals surface area (Å²) in [5.41, 5.74) is 1.38. The fraction of sp³-hybridized carbons (Fsp3) is 0.516. The summed E-state index contributed by atoms with van der Waals surface area (Å²) in [6.07, 6.45) is 4.90. The van der Waals surface area contributed by atoms with Crippen molar-refractivity contribution in [2.24, 2.45) is 0 Å². The second-order valence-electron chi connectivity index (χ2n) is 10.7. The Balaban J connectivity index is 0.00000462. The molecule has 2 unspecified atom stereocenters. The molecule has 0 aliphatic carbocycles. The Morgan fingerprint density at radius 2 is 1.78 bits per heavy atom.